The van der Waals surface area contributed by atoms with Crippen LogP contribution in [0.2, 0.25) is 0 Å². The summed E-state index contributed by atoms with van der Waals surface area (Å²) in [5.74, 6) is -1.04. The topological polar surface area (TPSA) is 95.9 Å². The van der Waals surface area contributed by atoms with Gasteiger partial charge in [0.25, 0.3) is 0 Å². The largest absolute Gasteiger partial charge is 0.480 e. The predicted molar refractivity (Wildman–Crippen MR) is 92.8 cm³/mol. The smallest absolute Gasteiger partial charge is 0.426 e. The van der Waals surface area contributed by atoms with Gasteiger partial charge in [0.1, 0.15) is 5.78 Å². The zero-order chi connectivity index (χ0) is 18.0. The summed E-state index contributed by atoms with van der Waals surface area (Å²) in [5.41, 5.74) is 0. The molecule has 7 nitrogen and oxygen atoms in total. The first-order valence-corrected chi connectivity index (χ1v) is 9.26. The first-order valence-electron chi connectivity index (χ1n) is 8.38. The molecular formula is C16H21BN2O5S. The van der Waals surface area contributed by atoms with Crippen LogP contribution in [-0.2, 0) is 25.5 Å². The van der Waals surface area contributed by atoms with Gasteiger partial charge in [-0.1, -0.05) is 6.07 Å². The summed E-state index contributed by atoms with van der Waals surface area (Å²) in [6.07, 6.45) is 0.808. The maximum absolute atomic E-state index is 12.2. The third kappa shape index (κ3) is 4.28. The number of thiophene rings is 1. The fraction of sp³-hybridized carbons (Fsp3) is 0.562. The van der Waals surface area contributed by atoms with Gasteiger partial charge in [-0.15, -0.1) is 11.3 Å². The summed E-state index contributed by atoms with van der Waals surface area (Å²) >= 11 is 1.48. The Morgan fingerprint density at radius 3 is 3.00 bits per heavy atom. The normalized spacial score (nSPS) is 26.3. The third-order valence-electron chi connectivity index (χ3n) is 4.61. The molecule has 3 heterocycles. The molecule has 2 N–H and O–H groups in total. The van der Waals surface area contributed by atoms with Gasteiger partial charge >= 0.3 is 7.12 Å². The molecule has 134 valence electrons. The van der Waals surface area contributed by atoms with Crippen LogP contribution in [0, 0.1) is 0 Å². The van der Waals surface area contributed by atoms with Crippen LogP contribution in [0.4, 0.5) is 0 Å². The minimum atomic E-state index is -1.25. The highest BCUT2D eigenvalue weighted by molar-refractivity contribution is 7.10. The lowest BCUT2D eigenvalue weighted by molar-refractivity contribution is -0.131. The Morgan fingerprint density at radius 2 is 2.32 bits per heavy atom. The van der Waals surface area contributed by atoms with E-state index in [9.17, 15) is 19.4 Å². The number of amides is 2. The second kappa shape index (κ2) is 7.67. The first-order chi connectivity index (χ1) is 11.9. The van der Waals surface area contributed by atoms with Gasteiger partial charge in [0.05, 0.1) is 24.5 Å². The quantitative estimate of drug-likeness (QED) is 0.726. The van der Waals surface area contributed by atoms with Gasteiger partial charge in [-0.05, 0) is 24.8 Å². The third-order valence-corrected chi connectivity index (χ3v) is 5.48. The number of hydrogen-bond donors (Lipinski definition) is 2. The van der Waals surface area contributed by atoms with Crippen molar-refractivity contribution in [1.82, 2.24) is 10.2 Å². The van der Waals surface area contributed by atoms with Crippen LogP contribution in [0.5, 0.6) is 0 Å². The van der Waals surface area contributed by atoms with Crippen LogP contribution < -0.4 is 5.32 Å². The molecule has 2 fully saturated rings. The molecule has 1 aromatic rings. The van der Waals surface area contributed by atoms with Gasteiger partial charge in [0.15, 0.2) is 0 Å². The van der Waals surface area contributed by atoms with Crippen LogP contribution >= 0.6 is 11.3 Å². The summed E-state index contributed by atoms with van der Waals surface area (Å²) < 4.78 is 5.66. The fourth-order valence-electron chi connectivity index (χ4n) is 3.46. The number of fused-ring (bicyclic) bond motifs is 1. The number of nitrogens with one attached hydrogen (secondary N) is 1. The molecule has 3 atom stereocenters. The van der Waals surface area contributed by atoms with Gasteiger partial charge in [-0.2, -0.15) is 0 Å². The number of nitrogens with zero attached hydrogens (tertiary/aromatic N) is 1. The summed E-state index contributed by atoms with van der Waals surface area (Å²) in [5, 5.41) is 15.0. The highest BCUT2D eigenvalue weighted by Gasteiger charge is 2.46. The van der Waals surface area contributed by atoms with E-state index in [0.29, 0.717) is 12.8 Å². The van der Waals surface area contributed by atoms with Crippen LogP contribution in [0.15, 0.2) is 17.5 Å². The van der Waals surface area contributed by atoms with Gasteiger partial charge in [0, 0.05) is 24.3 Å². The van der Waals surface area contributed by atoms with Crippen LogP contribution in [0.3, 0.4) is 0 Å². The standard InChI is InChI=1S/C16H21BN2O5S/c1-10(20)7-13-12-4-5-16(22)19(12)9-14(17(23)24-13)18-15(21)8-11-3-2-6-25-11/h2-3,6,12-14,23H,4-5,7-9H2,1H3,(H,18,21)/t12?,13?,14-/m0/s1. The van der Waals surface area contributed by atoms with Gasteiger partial charge in [-0.3, -0.25) is 14.4 Å². The number of carbonyl (C=O) groups excluding carboxylic acids is 3. The predicted octanol–water partition coefficient (Wildman–Crippen LogP) is 0.164. The molecule has 0 aliphatic carbocycles. The molecule has 9 heteroatoms. The molecule has 1 aromatic heterocycles. The lowest BCUT2D eigenvalue weighted by atomic mass is 9.78. The Morgan fingerprint density at radius 1 is 1.52 bits per heavy atom. The van der Waals surface area contributed by atoms with Gasteiger partial charge < -0.3 is 19.9 Å². The summed E-state index contributed by atoms with van der Waals surface area (Å²) in [7, 11) is -1.25. The molecule has 2 saturated heterocycles. The van der Waals surface area contributed by atoms with Crippen molar-refractivity contribution >= 4 is 36.1 Å². The summed E-state index contributed by atoms with van der Waals surface area (Å²) in [6, 6.07) is 3.51. The Balaban J connectivity index is 1.70. The van der Waals surface area contributed by atoms with Crippen molar-refractivity contribution in [3.8, 4) is 0 Å². The van der Waals surface area contributed by atoms with Crippen molar-refractivity contribution in [2.24, 2.45) is 0 Å². The van der Waals surface area contributed by atoms with Crippen molar-refractivity contribution in [2.75, 3.05) is 6.54 Å². The van der Waals surface area contributed by atoms with Crippen LogP contribution in [0.25, 0.3) is 0 Å². The van der Waals surface area contributed by atoms with Crippen molar-refractivity contribution in [3.05, 3.63) is 22.4 Å². The van der Waals surface area contributed by atoms with Crippen molar-refractivity contribution < 1.29 is 24.1 Å². The Hall–Kier alpha value is -1.71. The van der Waals surface area contributed by atoms with E-state index in [0.717, 1.165) is 4.88 Å². The number of ketones is 1. The molecule has 0 aromatic carbocycles. The molecule has 25 heavy (non-hydrogen) atoms. The molecule has 0 bridgehead atoms. The van der Waals surface area contributed by atoms with E-state index in [-0.39, 0.29) is 43.0 Å². The molecule has 2 aliphatic rings. The van der Waals surface area contributed by atoms with E-state index in [4.69, 9.17) is 4.65 Å². The van der Waals surface area contributed by atoms with E-state index in [1.165, 1.54) is 18.3 Å². The summed E-state index contributed by atoms with van der Waals surface area (Å²) in [4.78, 5) is 38.5. The lowest BCUT2D eigenvalue weighted by Crippen LogP contribution is -2.52. The van der Waals surface area contributed by atoms with Gasteiger partial charge in [0.2, 0.25) is 11.8 Å². The minimum absolute atomic E-state index is 0.0336. The zero-order valence-corrected chi connectivity index (χ0v) is 14.8. The Labute approximate surface area is 150 Å². The van der Waals surface area contributed by atoms with Crippen LogP contribution in [0.1, 0.15) is 31.1 Å². The van der Waals surface area contributed by atoms with Crippen molar-refractivity contribution in [2.45, 2.75) is 50.7 Å². The number of hydrogen-bond acceptors (Lipinski definition) is 6. The number of carbonyl (C=O) groups is 3. The average Bonchev–Trinajstić information content (AvgIpc) is 3.13. The first kappa shape index (κ1) is 18.1. The molecule has 0 radical (unpaired) electrons. The fourth-order valence-corrected chi connectivity index (χ4v) is 4.16. The second-order valence-electron chi connectivity index (χ2n) is 6.55. The molecule has 2 aliphatic heterocycles. The van der Waals surface area contributed by atoms with Crippen molar-refractivity contribution in [1.29, 1.82) is 0 Å². The van der Waals surface area contributed by atoms with E-state index in [1.807, 2.05) is 17.5 Å². The molecule has 0 saturated carbocycles. The Kier molecular flexibility index (Phi) is 5.56. The summed E-state index contributed by atoms with van der Waals surface area (Å²) in [6.45, 7) is 1.65. The number of Topliss-reactive ketones (excluding diaryl/α,β-unsaturated/α-hetero) is 1. The molecule has 2 unspecified atom stereocenters. The average molecular weight is 364 g/mol. The minimum Gasteiger partial charge on any atom is -0.426 e. The zero-order valence-electron chi connectivity index (χ0n) is 14.0. The lowest BCUT2D eigenvalue weighted by Gasteiger charge is -2.28. The number of rotatable bonds is 5. The molecule has 0 spiro atoms. The highest BCUT2D eigenvalue weighted by Crippen LogP contribution is 2.28. The van der Waals surface area contributed by atoms with E-state index >= 15 is 0 Å². The second-order valence-corrected chi connectivity index (χ2v) is 7.59. The maximum Gasteiger partial charge on any atom is 0.480 e. The van der Waals surface area contributed by atoms with Crippen LogP contribution in [-0.4, -0.2) is 59.3 Å². The molecule has 3 rings (SSSR count). The SMILES string of the molecule is CC(=O)CC1OB(O)[C@@H](NC(=O)Cc2cccs2)CN2C(=O)CCC12. The molecular weight excluding hydrogens is 343 g/mol. The van der Waals surface area contributed by atoms with E-state index < -0.39 is 19.2 Å². The highest BCUT2D eigenvalue weighted by atomic mass is 32.1. The van der Waals surface area contributed by atoms with Gasteiger partial charge in [-0.25, -0.2) is 0 Å². The molecule has 2 amide bonds. The van der Waals surface area contributed by atoms with E-state index in [2.05, 4.69) is 5.32 Å². The maximum atomic E-state index is 12.2. The monoisotopic (exact) mass is 364 g/mol. The van der Waals surface area contributed by atoms with E-state index in [1.54, 1.807) is 4.90 Å². The van der Waals surface area contributed by atoms with Crippen molar-refractivity contribution in [3.63, 3.8) is 0 Å². The Bertz CT molecular complexity index is 653.